The molecule has 134 valence electrons. The number of nitrogens with one attached hydrogen (secondary N) is 2. The predicted octanol–water partition coefficient (Wildman–Crippen LogP) is 2.53. The first-order valence-corrected chi connectivity index (χ1v) is 9.27. The van der Waals surface area contributed by atoms with Crippen LogP contribution in [-0.4, -0.2) is 63.2 Å². The third kappa shape index (κ3) is 4.86. The molecule has 1 saturated heterocycles. The molecule has 1 atom stereocenters. The van der Waals surface area contributed by atoms with Crippen molar-refractivity contribution in [3.63, 3.8) is 0 Å². The van der Waals surface area contributed by atoms with Crippen LogP contribution in [0.25, 0.3) is 0 Å². The van der Waals surface area contributed by atoms with E-state index in [0.717, 1.165) is 36.5 Å². The molecule has 5 nitrogen and oxygen atoms in total. The largest absolute Gasteiger partial charge is 0.368 e. The summed E-state index contributed by atoms with van der Waals surface area (Å²) in [7, 11) is 6.04. The molecule has 1 aromatic rings. The smallest absolute Gasteiger partial charge is 0.191 e. The molecule has 0 radical (unpaired) electrons. The van der Waals surface area contributed by atoms with Crippen LogP contribution in [0.4, 0.5) is 5.69 Å². The van der Waals surface area contributed by atoms with Crippen LogP contribution in [0.5, 0.6) is 0 Å². The molecular formula is C18H30BrN5. The molecule has 1 fully saturated rings. The molecule has 0 saturated carbocycles. The van der Waals surface area contributed by atoms with Gasteiger partial charge in [-0.05, 0) is 62.4 Å². The second kappa shape index (κ2) is 8.21. The lowest BCUT2D eigenvalue weighted by Crippen LogP contribution is -2.52. The third-order valence-corrected chi connectivity index (χ3v) is 5.52. The van der Waals surface area contributed by atoms with Crippen molar-refractivity contribution in [2.75, 3.05) is 45.7 Å². The minimum Gasteiger partial charge on any atom is -0.368 e. The lowest BCUT2D eigenvalue weighted by molar-refractivity contribution is 0.197. The second-order valence-corrected chi connectivity index (χ2v) is 8.01. The van der Waals surface area contributed by atoms with Crippen molar-refractivity contribution in [3.05, 3.63) is 28.7 Å². The van der Waals surface area contributed by atoms with E-state index < -0.39 is 0 Å². The molecule has 2 N–H and O–H groups in total. The quantitative estimate of drug-likeness (QED) is 0.593. The molecule has 0 aromatic heterocycles. The van der Waals surface area contributed by atoms with Crippen molar-refractivity contribution >= 4 is 27.6 Å². The summed E-state index contributed by atoms with van der Waals surface area (Å²) in [6.45, 7) is 7.33. The number of hydrogen-bond acceptors (Lipinski definition) is 3. The van der Waals surface area contributed by atoms with Crippen LogP contribution in [-0.2, 0) is 0 Å². The van der Waals surface area contributed by atoms with Gasteiger partial charge in [-0.2, -0.15) is 0 Å². The highest BCUT2D eigenvalue weighted by Gasteiger charge is 2.25. The predicted molar refractivity (Wildman–Crippen MR) is 107 cm³/mol. The van der Waals surface area contributed by atoms with Crippen molar-refractivity contribution in [3.8, 4) is 0 Å². The summed E-state index contributed by atoms with van der Waals surface area (Å²) in [5, 5.41) is 7.01. The lowest BCUT2D eigenvalue weighted by Gasteiger charge is -2.33. The van der Waals surface area contributed by atoms with Gasteiger partial charge in [0.05, 0.1) is 5.69 Å². The number of guanidine groups is 1. The van der Waals surface area contributed by atoms with Crippen molar-refractivity contribution in [2.45, 2.75) is 31.8 Å². The van der Waals surface area contributed by atoms with E-state index in [-0.39, 0.29) is 5.54 Å². The Morgan fingerprint density at radius 2 is 2.08 bits per heavy atom. The summed E-state index contributed by atoms with van der Waals surface area (Å²) in [5.74, 6) is 0.879. The zero-order valence-electron chi connectivity index (χ0n) is 15.4. The monoisotopic (exact) mass is 395 g/mol. The standard InChI is InChI=1S/C18H30BrN5/c1-18(2,23(4)5)13-21-17(20-3)22-14-10-11-24(12-14)16-9-7-6-8-15(16)19/h6-9,14H,10-13H2,1-5H3,(H2,20,21,22). The van der Waals surface area contributed by atoms with Gasteiger partial charge in [0.25, 0.3) is 0 Å². The van der Waals surface area contributed by atoms with Gasteiger partial charge in [-0.3, -0.25) is 4.99 Å². The van der Waals surface area contributed by atoms with Crippen LogP contribution in [0.3, 0.4) is 0 Å². The van der Waals surface area contributed by atoms with E-state index in [1.165, 1.54) is 5.69 Å². The number of anilines is 1. The third-order valence-electron chi connectivity index (χ3n) is 4.84. The number of nitrogens with zero attached hydrogens (tertiary/aromatic N) is 3. The summed E-state index contributed by atoms with van der Waals surface area (Å²) >= 11 is 3.65. The van der Waals surface area contributed by atoms with Crippen LogP contribution >= 0.6 is 15.9 Å². The maximum Gasteiger partial charge on any atom is 0.191 e. The molecule has 6 heteroatoms. The minimum atomic E-state index is 0.0776. The summed E-state index contributed by atoms with van der Waals surface area (Å²) in [6, 6.07) is 8.81. The fourth-order valence-electron chi connectivity index (χ4n) is 2.65. The van der Waals surface area contributed by atoms with Gasteiger partial charge < -0.3 is 20.4 Å². The van der Waals surface area contributed by atoms with Gasteiger partial charge in [-0.1, -0.05) is 12.1 Å². The van der Waals surface area contributed by atoms with Crippen LogP contribution in [0, 0.1) is 0 Å². The molecule has 0 amide bonds. The number of hydrogen-bond donors (Lipinski definition) is 2. The van der Waals surface area contributed by atoms with Gasteiger partial charge in [0, 0.05) is 42.7 Å². The summed E-state index contributed by atoms with van der Waals surface area (Å²) in [5.41, 5.74) is 1.34. The molecule has 1 heterocycles. The number of rotatable bonds is 5. The topological polar surface area (TPSA) is 42.9 Å². The van der Waals surface area contributed by atoms with E-state index in [1.807, 2.05) is 7.05 Å². The van der Waals surface area contributed by atoms with E-state index in [2.05, 4.69) is 93.6 Å². The Morgan fingerprint density at radius 1 is 1.38 bits per heavy atom. The van der Waals surface area contributed by atoms with Crippen molar-refractivity contribution in [1.29, 1.82) is 0 Å². The lowest BCUT2D eigenvalue weighted by atomic mass is 10.0. The molecule has 2 rings (SSSR count). The van der Waals surface area contributed by atoms with Gasteiger partial charge in [-0.15, -0.1) is 0 Å². The average Bonchev–Trinajstić information content (AvgIpc) is 3.00. The number of para-hydroxylation sites is 1. The molecule has 1 aliphatic heterocycles. The first kappa shape index (κ1) is 19.1. The van der Waals surface area contributed by atoms with Gasteiger partial charge in [0.1, 0.15) is 0 Å². The second-order valence-electron chi connectivity index (χ2n) is 7.16. The Morgan fingerprint density at radius 3 is 2.71 bits per heavy atom. The van der Waals surface area contributed by atoms with Crippen LogP contribution in [0.2, 0.25) is 0 Å². The number of aliphatic imine (C=N–C) groups is 1. The average molecular weight is 396 g/mol. The van der Waals surface area contributed by atoms with E-state index in [1.54, 1.807) is 0 Å². The summed E-state index contributed by atoms with van der Waals surface area (Å²) in [4.78, 5) is 9.01. The van der Waals surface area contributed by atoms with Gasteiger partial charge in [0.2, 0.25) is 0 Å². The van der Waals surface area contributed by atoms with Gasteiger partial charge in [0.15, 0.2) is 5.96 Å². The van der Waals surface area contributed by atoms with E-state index in [4.69, 9.17) is 0 Å². The Bertz CT molecular complexity index is 570. The maximum absolute atomic E-state index is 4.38. The van der Waals surface area contributed by atoms with Crippen molar-refractivity contribution < 1.29 is 0 Å². The molecular weight excluding hydrogens is 366 g/mol. The molecule has 0 aliphatic carbocycles. The Kier molecular flexibility index (Phi) is 6.52. The maximum atomic E-state index is 4.38. The summed E-state index contributed by atoms with van der Waals surface area (Å²) in [6.07, 6.45) is 1.11. The zero-order valence-corrected chi connectivity index (χ0v) is 17.0. The molecule has 0 spiro atoms. The van der Waals surface area contributed by atoms with Crippen molar-refractivity contribution in [2.24, 2.45) is 4.99 Å². The van der Waals surface area contributed by atoms with Crippen molar-refractivity contribution in [1.82, 2.24) is 15.5 Å². The fourth-order valence-corrected chi connectivity index (χ4v) is 3.19. The molecule has 1 unspecified atom stereocenters. The zero-order chi connectivity index (χ0) is 17.7. The number of benzene rings is 1. The highest BCUT2D eigenvalue weighted by molar-refractivity contribution is 9.10. The Balaban J connectivity index is 1.88. The van der Waals surface area contributed by atoms with Gasteiger partial charge >= 0.3 is 0 Å². The molecule has 1 aliphatic rings. The van der Waals surface area contributed by atoms with Crippen LogP contribution in [0.1, 0.15) is 20.3 Å². The minimum absolute atomic E-state index is 0.0776. The number of likely N-dealkylation sites (N-methyl/N-ethyl adjacent to an activating group) is 1. The summed E-state index contributed by atoms with van der Waals surface area (Å²) < 4.78 is 1.15. The first-order chi connectivity index (χ1) is 11.3. The highest BCUT2D eigenvalue weighted by Crippen LogP contribution is 2.28. The number of halogens is 1. The Labute approximate surface area is 154 Å². The highest BCUT2D eigenvalue weighted by atomic mass is 79.9. The van der Waals surface area contributed by atoms with Crippen LogP contribution in [0.15, 0.2) is 33.7 Å². The molecule has 0 bridgehead atoms. The van der Waals surface area contributed by atoms with E-state index in [9.17, 15) is 0 Å². The van der Waals surface area contributed by atoms with E-state index in [0.29, 0.717) is 6.04 Å². The van der Waals surface area contributed by atoms with Gasteiger partial charge in [-0.25, -0.2) is 0 Å². The normalized spacial score (nSPS) is 19.0. The van der Waals surface area contributed by atoms with Crippen LogP contribution < -0.4 is 15.5 Å². The molecule has 1 aromatic carbocycles. The first-order valence-electron chi connectivity index (χ1n) is 8.47. The SMILES string of the molecule is CN=C(NCC(C)(C)N(C)C)NC1CCN(c2ccccc2Br)C1. The Hall–Kier alpha value is -1.27. The van der Waals surface area contributed by atoms with E-state index >= 15 is 0 Å². The fraction of sp³-hybridized carbons (Fsp3) is 0.611. The molecule has 24 heavy (non-hydrogen) atoms.